The summed E-state index contributed by atoms with van der Waals surface area (Å²) in [6.07, 6.45) is 1.96. The van der Waals surface area contributed by atoms with Crippen molar-refractivity contribution in [2.24, 2.45) is 0 Å². The molecule has 0 unspecified atom stereocenters. The van der Waals surface area contributed by atoms with Crippen LogP contribution in [0.2, 0.25) is 0 Å². The van der Waals surface area contributed by atoms with Gasteiger partial charge in [0.2, 0.25) is 0 Å². The van der Waals surface area contributed by atoms with E-state index in [2.05, 4.69) is 33.1 Å². The predicted octanol–water partition coefficient (Wildman–Crippen LogP) is 1.16. The minimum Gasteiger partial charge on any atom is -0.393 e. The molecule has 0 saturated carbocycles. The maximum Gasteiger partial charge on any atom is 0.0903 e. The van der Waals surface area contributed by atoms with Gasteiger partial charge in [-0.15, -0.1) is 0 Å². The molecule has 0 atom stereocenters. The van der Waals surface area contributed by atoms with E-state index >= 15 is 0 Å². The Morgan fingerprint density at radius 3 is 2.77 bits per heavy atom. The van der Waals surface area contributed by atoms with Crippen LogP contribution in [0.15, 0.2) is 10.7 Å². The van der Waals surface area contributed by atoms with Gasteiger partial charge in [0.05, 0.1) is 5.60 Å². The van der Waals surface area contributed by atoms with E-state index < -0.39 is 0 Å². The third-order valence-corrected chi connectivity index (χ3v) is 2.76. The van der Waals surface area contributed by atoms with E-state index in [-0.39, 0.29) is 5.60 Å². The van der Waals surface area contributed by atoms with Gasteiger partial charge in [-0.3, -0.25) is 4.90 Å². The molecule has 1 heterocycles. The summed E-state index contributed by atoms with van der Waals surface area (Å²) in [7, 11) is 3.67. The molecule has 0 radical (unpaired) electrons. The van der Waals surface area contributed by atoms with E-state index in [1.54, 1.807) is 7.11 Å². The minimum atomic E-state index is 0.0763. The highest BCUT2D eigenvalue weighted by molar-refractivity contribution is 9.11. The Hall–Kier alpha value is -0.0600. The van der Waals surface area contributed by atoms with Crippen molar-refractivity contribution in [2.75, 3.05) is 33.8 Å². The molecule has 1 aliphatic rings. The van der Waals surface area contributed by atoms with Gasteiger partial charge in [0, 0.05) is 44.5 Å². The van der Waals surface area contributed by atoms with Gasteiger partial charge in [0.15, 0.2) is 0 Å². The normalized spacial score (nSPS) is 22.6. The molecule has 0 aliphatic carbocycles. The first-order valence-electron chi connectivity index (χ1n) is 4.39. The standard InChI is InChI=1S/C9H17BrN2O/c1-9(13-3)6-12(7-9)5-8(10)4-11-2/h4,11H,5-7H2,1-3H3/b8-4+. The summed E-state index contributed by atoms with van der Waals surface area (Å²) in [5, 5.41) is 2.99. The average molecular weight is 249 g/mol. The molecular formula is C9H17BrN2O. The quantitative estimate of drug-likeness (QED) is 0.809. The lowest BCUT2D eigenvalue weighted by Gasteiger charge is -2.46. The zero-order valence-electron chi connectivity index (χ0n) is 8.43. The molecule has 0 amide bonds. The number of ether oxygens (including phenoxy) is 1. The minimum absolute atomic E-state index is 0.0763. The van der Waals surface area contributed by atoms with E-state index in [1.807, 2.05) is 13.2 Å². The Morgan fingerprint density at radius 1 is 1.69 bits per heavy atom. The first-order valence-corrected chi connectivity index (χ1v) is 5.18. The van der Waals surface area contributed by atoms with Crippen LogP contribution in [0.1, 0.15) is 6.92 Å². The van der Waals surface area contributed by atoms with E-state index in [0.29, 0.717) is 0 Å². The van der Waals surface area contributed by atoms with Gasteiger partial charge in [0.25, 0.3) is 0 Å². The zero-order valence-corrected chi connectivity index (χ0v) is 10.0. The van der Waals surface area contributed by atoms with E-state index in [1.165, 1.54) is 4.48 Å². The highest BCUT2D eigenvalue weighted by atomic mass is 79.9. The number of nitrogens with one attached hydrogen (secondary N) is 1. The summed E-state index contributed by atoms with van der Waals surface area (Å²) in [6.45, 7) is 5.12. The van der Waals surface area contributed by atoms with Crippen molar-refractivity contribution in [2.45, 2.75) is 12.5 Å². The van der Waals surface area contributed by atoms with Crippen LogP contribution in [0.4, 0.5) is 0 Å². The van der Waals surface area contributed by atoms with E-state index in [4.69, 9.17) is 4.74 Å². The molecule has 3 nitrogen and oxygen atoms in total. The van der Waals surface area contributed by atoms with Crippen molar-refractivity contribution in [3.05, 3.63) is 10.7 Å². The molecule has 1 N–H and O–H groups in total. The van der Waals surface area contributed by atoms with Crippen molar-refractivity contribution >= 4 is 15.9 Å². The molecule has 1 rings (SSSR count). The van der Waals surface area contributed by atoms with Crippen molar-refractivity contribution in [3.63, 3.8) is 0 Å². The smallest absolute Gasteiger partial charge is 0.0903 e. The number of methoxy groups -OCH3 is 1. The molecule has 0 bridgehead atoms. The monoisotopic (exact) mass is 248 g/mol. The highest BCUT2D eigenvalue weighted by Gasteiger charge is 2.38. The van der Waals surface area contributed by atoms with Crippen LogP contribution in [0, 0.1) is 0 Å². The lowest BCUT2D eigenvalue weighted by Crippen LogP contribution is -2.60. The fraction of sp³-hybridized carbons (Fsp3) is 0.778. The Balaban J connectivity index is 2.25. The molecule has 4 heteroatoms. The Bertz CT molecular complexity index is 200. The molecular weight excluding hydrogens is 232 g/mol. The fourth-order valence-electron chi connectivity index (χ4n) is 1.56. The summed E-state index contributed by atoms with van der Waals surface area (Å²) in [5.41, 5.74) is 0.0763. The van der Waals surface area contributed by atoms with Crippen molar-refractivity contribution in [3.8, 4) is 0 Å². The van der Waals surface area contributed by atoms with Gasteiger partial charge in [-0.05, 0) is 6.92 Å². The van der Waals surface area contributed by atoms with Gasteiger partial charge in [-0.2, -0.15) is 0 Å². The number of hydrogen-bond donors (Lipinski definition) is 1. The lowest BCUT2D eigenvalue weighted by atomic mass is 9.97. The molecule has 1 saturated heterocycles. The molecule has 0 aromatic carbocycles. The van der Waals surface area contributed by atoms with Gasteiger partial charge >= 0.3 is 0 Å². The summed E-state index contributed by atoms with van der Waals surface area (Å²) < 4.78 is 6.53. The number of hydrogen-bond acceptors (Lipinski definition) is 3. The van der Waals surface area contributed by atoms with Crippen LogP contribution in [0.3, 0.4) is 0 Å². The van der Waals surface area contributed by atoms with Gasteiger partial charge in [0.1, 0.15) is 0 Å². The molecule has 0 aromatic rings. The highest BCUT2D eigenvalue weighted by Crippen LogP contribution is 2.25. The van der Waals surface area contributed by atoms with Crippen LogP contribution in [-0.2, 0) is 4.74 Å². The molecule has 1 aliphatic heterocycles. The first-order chi connectivity index (χ1) is 6.09. The van der Waals surface area contributed by atoms with Crippen LogP contribution >= 0.6 is 15.9 Å². The lowest BCUT2D eigenvalue weighted by molar-refractivity contribution is -0.106. The third-order valence-electron chi connectivity index (χ3n) is 2.28. The summed E-state index contributed by atoms with van der Waals surface area (Å²) in [4.78, 5) is 2.33. The van der Waals surface area contributed by atoms with Gasteiger partial charge in [-0.25, -0.2) is 0 Å². The molecule has 0 aromatic heterocycles. The Kier molecular flexibility index (Phi) is 3.76. The molecule has 1 fully saturated rings. The summed E-state index contributed by atoms with van der Waals surface area (Å²) in [6, 6.07) is 0. The van der Waals surface area contributed by atoms with E-state index in [9.17, 15) is 0 Å². The van der Waals surface area contributed by atoms with Crippen molar-refractivity contribution in [1.82, 2.24) is 10.2 Å². The van der Waals surface area contributed by atoms with Crippen LogP contribution in [-0.4, -0.2) is 44.3 Å². The average Bonchev–Trinajstić information content (AvgIpc) is 2.02. The maximum atomic E-state index is 5.35. The maximum absolute atomic E-state index is 5.35. The number of halogens is 1. The summed E-state index contributed by atoms with van der Waals surface area (Å²) in [5.74, 6) is 0. The van der Waals surface area contributed by atoms with Crippen molar-refractivity contribution in [1.29, 1.82) is 0 Å². The van der Waals surface area contributed by atoms with Gasteiger partial charge in [-0.1, -0.05) is 15.9 Å². The van der Waals surface area contributed by atoms with Gasteiger partial charge < -0.3 is 10.1 Å². The van der Waals surface area contributed by atoms with E-state index in [0.717, 1.165) is 19.6 Å². The summed E-state index contributed by atoms with van der Waals surface area (Å²) >= 11 is 3.49. The molecule has 0 spiro atoms. The SMILES string of the molecule is CN/C=C(/Br)CN1CC(C)(OC)C1. The second-order valence-corrected chi connectivity index (χ2v) is 4.70. The fourth-order valence-corrected chi connectivity index (χ4v) is 2.14. The largest absolute Gasteiger partial charge is 0.393 e. The number of nitrogens with zero attached hydrogens (tertiary/aromatic N) is 1. The predicted molar refractivity (Wildman–Crippen MR) is 57.9 cm³/mol. The number of likely N-dealkylation sites (tertiary alicyclic amines) is 1. The van der Waals surface area contributed by atoms with Crippen LogP contribution in [0.25, 0.3) is 0 Å². The van der Waals surface area contributed by atoms with Crippen molar-refractivity contribution < 1.29 is 4.74 Å². The Labute approximate surface area is 88.3 Å². The molecule has 76 valence electrons. The first kappa shape index (κ1) is 11.0. The number of rotatable bonds is 4. The topological polar surface area (TPSA) is 24.5 Å². The third kappa shape index (κ3) is 2.97. The Morgan fingerprint density at radius 2 is 2.31 bits per heavy atom. The van der Waals surface area contributed by atoms with Crippen LogP contribution < -0.4 is 5.32 Å². The second kappa shape index (κ2) is 4.44. The molecule has 13 heavy (non-hydrogen) atoms. The zero-order chi connectivity index (χ0) is 9.90. The van der Waals surface area contributed by atoms with Crippen LogP contribution in [0.5, 0.6) is 0 Å². The second-order valence-electron chi connectivity index (χ2n) is 3.68.